The third-order valence-electron chi connectivity index (χ3n) is 3.72. The van der Waals surface area contributed by atoms with Crippen LogP contribution in [0.5, 0.6) is 0 Å². The van der Waals surface area contributed by atoms with Crippen LogP contribution in [0, 0.1) is 0 Å². The minimum atomic E-state index is -0.106. The van der Waals surface area contributed by atoms with E-state index in [0.29, 0.717) is 37.5 Å². The molecule has 0 aliphatic carbocycles. The fraction of sp³-hybridized carbons (Fsp3) is 0.308. The van der Waals surface area contributed by atoms with Gasteiger partial charge < -0.3 is 14.3 Å². The first-order chi connectivity index (χ1) is 10.8. The van der Waals surface area contributed by atoms with Crippen LogP contribution in [0.3, 0.4) is 0 Å². The molecule has 1 aliphatic rings. The Labute approximate surface area is 125 Å². The van der Waals surface area contributed by atoms with Gasteiger partial charge in [0.1, 0.15) is 12.6 Å². The van der Waals surface area contributed by atoms with Crippen molar-refractivity contribution in [3.63, 3.8) is 0 Å². The number of amides is 1. The summed E-state index contributed by atoms with van der Waals surface area (Å²) in [4.78, 5) is 24.4. The Hall–Kier alpha value is -2.97. The Bertz CT molecular complexity index is 790. The highest BCUT2D eigenvalue weighted by molar-refractivity contribution is 5.92. The summed E-state index contributed by atoms with van der Waals surface area (Å²) in [6.07, 6.45) is 6.34. The number of anilines is 1. The lowest BCUT2D eigenvalue weighted by atomic mass is 10.3. The van der Waals surface area contributed by atoms with Gasteiger partial charge in [-0.15, -0.1) is 0 Å². The van der Waals surface area contributed by atoms with Gasteiger partial charge in [-0.3, -0.25) is 9.78 Å². The molecule has 1 fully saturated rings. The molecule has 0 unspecified atom stereocenters. The Morgan fingerprint density at radius 3 is 2.82 bits per heavy atom. The second-order valence-electron chi connectivity index (χ2n) is 4.96. The normalized spacial score (nSPS) is 15.5. The van der Waals surface area contributed by atoms with E-state index in [4.69, 9.17) is 4.52 Å². The molecular weight excluding hydrogens is 286 g/mol. The average Bonchev–Trinajstić information content (AvgIpc) is 3.25. The highest BCUT2D eigenvalue weighted by atomic mass is 16.5. The summed E-state index contributed by atoms with van der Waals surface area (Å²) in [7, 11) is 0. The highest BCUT2D eigenvalue weighted by Crippen LogP contribution is 2.16. The molecule has 0 saturated carbocycles. The fourth-order valence-electron chi connectivity index (χ4n) is 2.58. The molecule has 0 bridgehead atoms. The number of aromatic nitrogens is 5. The molecule has 0 spiro atoms. The molecule has 0 radical (unpaired) electrons. The summed E-state index contributed by atoms with van der Waals surface area (Å²) >= 11 is 0. The van der Waals surface area contributed by atoms with Crippen LogP contribution in [0.1, 0.15) is 10.5 Å². The first-order valence-corrected chi connectivity index (χ1v) is 6.91. The third-order valence-corrected chi connectivity index (χ3v) is 3.72. The second-order valence-corrected chi connectivity index (χ2v) is 4.96. The standard InChI is InChI=1S/C13H13N7O2/c21-13(10-1-6-22-17-10)19-4-2-18(3-5-19)12-8-14-7-11-15-9-16-20(11)12/h1,6-9H,2-5H2. The number of rotatable bonds is 2. The summed E-state index contributed by atoms with van der Waals surface area (Å²) in [6, 6.07) is 1.58. The monoisotopic (exact) mass is 299 g/mol. The van der Waals surface area contributed by atoms with Crippen molar-refractivity contribution in [2.24, 2.45) is 0 Å². The fourth-order valence-corrected chi connectivity index (χ4v) is 2.58. The predicted octanol–water partition coefficient (Wildman–Crippen LogP) is 0.0747. The van der Waals surface area contributed by atoms with Gasteiger partial charge in [-0.1, -0.05) is 5.16 Å². The summed E-state index contributed by atoms with van der Waals surface area (Å²) in [6.45, 7) is 2.61. The summed E-state index contributed by atoms with van der Waals surface area (Å²) < 4.78 is 6.47. The smallest absolute Gasteiger partial charge is 0.276 e. The Morgan fingerprint density at radius 2 is 2.05 bits per heavy atom. The van der Waals surface area contributed by atoms with Crippen LogP contribution in [0.2, 0.25) is 0 Å². The first-order valence-electron chi connectivity index (χ1n) is 6.91. The van der Waals surface area contributed by atoms with Crippen LogP contribution >= 0.6 is 0 Å². The number of hydrogen-bond donors (Lipinski definition) is 0. The number of carbonyl (C=O) groups is 1. The van der Waals surface area contributed by atoms with Crippen LogP contribution in [0.25, 0.3) is 5.65 Å². The SMILES string of the molecule is O=C(c1ccon1)N1CCN(c2cncc3ncnn23)CC1. The Kier molecular flexibility index (Phi) is 2.95. The summed E-state index contributed by atoms with van der Waals surface area (Å²) in [5, 5.41) is 7.90. The van der Waals surface area contributed by atoms with Crippen molar-refractivity contribution < 1.29 is 9.32 Å². The van der Waals surface area contributed by atoms with Gasteiger partial charge in [0.15, 0.2) is 17.2 Å². The molecular formula is C13H13N7O2. The number of carbonyl (C=O) groups excluding carboxylic acids is 1. The van der Waals surface area contributed by atoms with E-state index in [2.05, 4.69) is 25.1 Å². The van der Waals surface area contributed by atoms with E-state index in [0.717, 1.165) is 5.82 Å². The van der Waals surface area contributed by atoms with Crippen molar-refractivity contribution in [2.45, 2.75) is 0 Å². The number of hydrogen-bond acceptors (Lipinski definition) is 7. The van der Waals surface area contributed by atoms with Crippen LogP contribution in [-0.4, -0.2) is 61.7 Å². The molecule has 4 rings (SSSR count). The third kappa shape index (κ3) is 2.07. The first kappa shape index (κ1) is 12.7. The Balaban J connectivity index is 1.50. The van der Waals surface area contributed by atoms with E-state index in [1.54, 1.807) is 27.9 Å². The van der Waals surface area contributed by atoms with Gasteiger partial charge in [0.25, 0.3) is 5.91 Å². The van der Waals surface area contributed by atoms with E-state index < -0.39 is 0 Å². The van der Waals surface area contributed by atoms with Crippen molar-refractivity contribution in [1.82, 2.24) is 29.6 Å². The molecule has 1 amide bonds. The van der Waals surface area contributed by atoms with E-state index in [-0.39, 0.29) is 5.91 Å². The van der Waals surface area contributed by atoms with Gasteiger partial charge in [0.05, 0.1) is 12.4 Å². The van der Waals surface area contributed by atoms with Gasteiger partial charge in [-0.25, -0.2) is 4.98 Å². The van der Waals surface area contributed by atoms with E-state index in [9.17, 15) is 4.79 Å². The minimum Gasteiger partial charge on any atom is -0.364 e. The van der Waals surface area contributed by atoms with Crippen molar-refractivity contribution in [2.75, 3.05) is 31.1 Å². The van der Waals surface area contributed by atoms with Crippen molar-refractivity contribution in [3.8, 4) is 0 Å². The number of nitrogens with zero attached hydrogens (tertiary/aromatic N) is 7. The van der Waals surface area contributed by atoms with Gasteiger partial charge in [-0.05, 0) is 0 Å². The largest absolute Gasteiger partial charge is 0.364 e. The van der Waals surface area contributed by atoms with E-state index in [1.807, 2.05) is 0 Å². The molecule has 1 saturated heterocycles. The maximum absolute atomic E-state index is 12.2. The molecule has 9 heteroatoms. The summed E-state index contributed by atoms with van der Waals surface area (Å²) in [5.41, 5.74) is 1.05. The zero-order valence-electron chi connectivity index (χ0n) is 11.7. The molecule has 22 heavy (non-hydrogen) atoms. The molecule has 0 aromatic carbocycles. The molecule has 0 N–H and O–H groups in total. The molecule has 3 aromatic rings. The molecule has 1 aliphatic heterocycles. The van der Waals surface area contributed by atoms with Gasteiger partial charge >= 0.3 is 0 Å². The van der Waals surface area contributed by atoms with Crippen molar-refractivity contribution in [1.29, 1.82) is 0 Å². The molecule has 9 nitrogen and oxygen atoms in total. The maximum atomic E-state index is 12.2. The lowest BCUT2D eigenvalue weighted by Crippen LogP contribution is -2.49. The lowest BCUT2D eigenvalue weighted by molar-refractivity contribution is 0.0736. The average molecular weight is 299 g/mol. The minimum absolute atomic E-state index is 0.106. The molecule has 112 valence electrons. The quantitative estimate of drug-likeness (QED) is 0.661. The van der Waals surface area contributed by atoms with Crippen LogP contribution in [0.15, 0.2) is 35.6 Å². The van der Waals surface area contributed by atoms with Crippen molar-refractivity contribution in [3.05, 3.63) is 36.7 Å². The molecule has 4 heterocycles. The van der Waals surface area contributed by atoms with E-state index >= 15 is 0 Å². The van der Waals surface area contributed by atoms with Crippen LogP contribution in [-0.2, 0) is 0 Å². The highest BCUT2D eigenvalue weighted by Gasteiger charge is 2.25. The molecule has 0 atom stereocenters. The van der Waals surface area contributed by atoms with Crippen molar-refractivity contribution >= 4 is 17.4 Å². The number of piperazine rings is 1. The van der Waals surface area contributed by atoms with Gasteiger partial charge in [0.2, 0.25) is 0 Å². The zero-order valence-corrected chi connectivity index (χ0v) is 11.7. The van der Waals surface area contributed by atoms with Gasteiger partial charge in [0, 0.05) is 32.2 Å². The second kappa shape index (κ2) is 5.10. The number of fused-ring (bicyclic) bond motifs is 1. The molecule has 3 aromatic heterocycles. The topological polar surface area (TPSA) is 92.7 Å². The van der Waals surface area contributed by atoms with Crippen LogP contribution < -0.4 is 4.90 Å². The van der Waals surface area contributed by atoms with Crippen LogP contribution in [0.4, 0.5) is 5.82 Å². The maximum Gasteiger partial charge on any atom is 0.276 e. The lowest BCUT2D eigenvalue weighted by Gasteiger charge is -2.35. The predicted molar refractivity (Wildman–Crippen MR) is 75.4 cm³/mol. The Morgan fingerprint density at radius 1 is 1.18 bits per heavy atom. The zero-order chi connectivity index (χ0) is 14.9. The van der Waals surface area contributed by atoms with E-state index in [1.165, 1.54) is 12.6 Å². The van der Waals surface area contributed by atoms with Gasteiger partial charge in [-0.2, -0.15) is 9.61 Å². The summed E-state index contributed by atoms with van der Waals surface area (Å²) in [5.74, 6) is 0.772.